The highest BCUT2D eigenvalue weighted by Crippen LogP contribution is 2.09. The van der Waals surface area contributed by atoms with Gasteiger partial charge in [0.05, 0.1) is 6.61 Å². The van der Waals surface area contributed by atoms with Gasteiger partial charge in [0.15, 0.2) is 0 Å². The first-order valence-corrected chi connectivity index (χ1v) is 4.37. The molecule has 1 heterocycles. The molecule has 6 heteroatoms. The Morgan fingerprint density at radius 3 is 2.36 bits per heavy atom. The van der Waals surface area contributed by atoms with E-state index < -0.39 is 11.3 Å². The molecule has 0 aromatic carbocycles. The van der Waals surface area contributed by atoms with Gasteiger partial charge in [-0.05, 0) is 13.3 Å². The molecule has 1 fully saturated rings. The number of nitrogens with two attached hydrogens (primary N) is 1. The van der Waals surface area contributed by atoms with Crippen molar-refractivity contribution in [3.05, 3.63) is 0 Å². The van der Waals surface area contributed by atoms with Gasteiger partial charge in [0.1, 0.15) is 0 Å². The monoisotopic (exact) mass is 181 g/mol. The summed E-state index contributed by atoms with van der Waals surface area (Å²) < 4.78 is 17.6. The van der Waals surface area contributed by atoms with E-state index in [0.29, 0.717) is 6.04 Å². The zero-order valence-corrected chi connectivity index (χ0v) is 7.47. The van der Waals surface area contributed by atoms with Crippen molar-refractivity contribution in [1.29, 1.82) is 0 Å². The third kappa shape index (κ3) is 6.39. The van der Waals surface area contributed by atoms with E-state index >= 15 is 0 Å². The van der Waals surface area contributed by atoms with Crippen LogP contribution in [0.3, 0.4) is 0 Å². The van der Waals surface area contributed by atoms with Crippen LogP contribution in [0.1, 0.15) is 13.3 Å². The van der Waals surface area contributed by atoms with Gasteiger partial charge in [-0.2, -0.15) is 5.06 Å². The van der Waals surface area contributed by atoms with Crippen molar-refractivity contribution < 1.29 is 13.6 Å². The van der Waals surface area contributed by atoms with Crippen molar-refractivity contribution in [3.8, 4) is 0 Å². The van der Waals surface area contributed by atoms with Crippen LogP contribution in [0.15, 0.2) is 0 Å². The molecule has 1 aliphatic heterocycles. The van der Waals surface area contributed by atoms with Crippen molar-refractivity contribution in [2.45, 2.75) is 19.4 Å². The van der Waals surface area contributed by atoms with Gasteiger partial charge in [0.2, 0.25) is 0 Å². The maximum atomic E-state index is 8.78. The van der Waals surface area contributed by atoms with Gasteiger partial charge in [-0.1, -0.05) is 0 Å². The molecule has 1 aliphatic rings. The Kier molecular flexibility index (Phi) is 5.61. The Hall–Kier alpha value is -0.0100. The molecular formula is C5H13N2O3S-. The van der Waals surface area contributed by atoms with Crippen LogP contribution in [0.2, 0.25) is 0 Å². The molecule has 11 heavy (non-hydrogen) atoms. The van der Waals surface area contributed by atoms with E-state index in [1.165, 1.54) is 6.42 Å². The van der Waals surface area contributed by atoms with Crippen molar-refractivity contribution in [2.75, 3.05) is 13.7 Å². The van der Waals surface area contributed by atoms with Crippen LogP contribution in [-0.2, 0) is 16.1 Å². The van der Waals surface area contributed by atoms with Crippen molar-refractivity contribution in [3.63, 3.8) is 0 Å². The molecule has 0 radical (unpaired) electrons. The minimum Gasteiger partial charge on any atom is -0.760 e. The number of rotatable bonds is 0. The molecule has 0 aromatic rings. The Labute approximate surface area is 68.9 Å². The topological polar surface area (TPSA) is 78.6 Å². The molecule has 0 aliphatic carbocycles. The zero-order valence-electron chi connectivity index (χ0n) is 6.65. The van der Waals surface area contributed by atoms with E-state index in [0.717, 1.165) is 6.61 Å². The Bertz CT molecular complexity index is 121. The quantitative estimate of drug-likeness (QED) is 0.505. The summed E-state index contributed by atoms with van der Waals surface area (Å²) >= 11 is -2.36. The smallest absolute Gasteiger partial charge is 0.0700 e. The fourth-order valence-electron chi connectivity index (χ4n) is 0.676. The fourth-order valence-corrected chi connectivity index (χ4v) is 0.676. The third-order valence-electron chi connectivity index (χ3n) is 1.45. The maximum absolute atomic E-state index is 8.78. The number of hydroxylamine groups is 2. The van der Waals surface area contributed by atoms with Gasteiger partial charge < -0.3 is 4.55 Å². The Balaban J connectivity index is 0.000000218. The highest BCUT2D eigenvalue weighted by molar-refractivity contribution is 7.76. The predicted molar refractivity (Wildman–Crippen MR) is 40.9 cm³/mol. The van der Waals surface area contributed by atoms with Crippen molar-refractivity contribution in [1.82, 2.24) is 5.06 Å². The lowest BCUT2D eigenvalue weighted by Gasteiger charge is -2.10. The number of nitrogens with zero attached hydrogens (tertiary/aromatic N) is 1. The van der Waals surface area contributed by atoms with Crippen molar-refractivity contribution in [2.24, 2.45) is 5.14 Å². The number of hydrogen-bond donors (Lipinski definition) is 1. The molecular weight excluding hydrogens is 168 g/mol. The minimum atomic E-state index is -2.36. The molecule has 2 N–H and O–H groups in total. The van der Waals surface area contributed by atoms with E-state index in [9.17, 15) is 0 Å². The highest BCUT2D eigenvalue weighted by Gasteiger charge is 2.15. The highest BCUT2D eigenvalue weighted by atomic mass is 32.2. The molecule has 0 saturated carbocycles. The van der Waals surface area contributed by atoms with Gasteiger partial charge in [0.25, 0.3) is 0 Å². The van der Waals surface area contributed by atoms with Crippen LogP contribution < -0.4 is 5.14 Å². The summed E-state index contributed by atoms with van der Waals surface area (Å²) in [6, 6.07) is 0.625. The van der Waals surface area contributed by atoms with Gasteiger partial charge in [-0.3, -0.25) is 14.2 Å². The van der Waals surface area contributed by atoms with E-state index in [1.807, 2.05) is 12.1 Å². The summed E-state index contributed by atoms with van der Waals surface area (Å²) in [7, 11) is 1.97. The van der Waals surface area contributed by atoms with Gasteiger partial charge in [-0.15, -0.1) is 0 Å². The van der Waals surface area contributed by atoms with Crippen LogP contribution in [0.4, 0.5) is 0 Å². The summed E-state index contributed by atoms with van der Waals surface area (Å²) in [6.45, 7) is 3.06. The third-order valence-corrected chi connectivity index (χ3v) is 1.45. The minimum absolute atomic E-state index is 0.625. The lowest BCUT2D eigenvalue weighted by Crippen LogP contribution is -2.19. The molecule has 0 aromatic heterocycles. The Morgan fingerprint density at radius 1 is 1.82 bits per heavy atom. The van der Waals surface area contributed by atoms with E-state index in [1.54, 1.807) is 0 Å². The normalized spacial score (nSPS) is 27.5. The zero-order chi connectivity index (χ0) is 8.85. The summed E-state index contributed by atoms with van der Waals surface area (Å²) in [5.41, 5.74) is 0. The molecule has 2 atom stereocenters. The molecule has 0 spiro atoms. The molecule has 0 bridgehead atoms. The Morgan fingerprint density at radius 2 is 2.27 bits per heavy atom. The molecule has 68 valence electrons. The fraction of sp³-hybridized carbons (Fsp3) is 1.00. The first kappa shape index (κ1) is 11.0. The van der Waals surface area contributed by atoms with E-state index in [2.05, 4.69) is 12.1 Å². The van der Waals surface area contributed by atoms with Crippen LogP contribution in [0, 0.1) is 0 Å². The second-order valence-electron chi connectivity index (χ2n) is 2.28. The maximum Gasteiger partial charge on any atom is 0.0700 e. The second kappa shape index (κ2) is 5.62. The molecule has 1 saturated heterocycles. The summed E-state index contributed by atoms with van der Waals surface area (Å²) in [5.74, 6) is 0. The van der Waals surface area contributed by atoms with Gasteiger partial charge >= 0.3 is 0 Å². The first-order valence-electron chi connectivity index (χ1n) is 3.23. The van der Waals surface area contributed by atoms with Crippen LogP contribution >= 0.6 is 0 Å². The molecule has 0 amide bonds. The average molecular weight is 181 g/mol. The summed E-state index contributed by atoms with van der Waals surface area (Å²) in [6.07, 6.45) is 1.18. The summed E-state index contributed by atoms with van der Waals surface area (Å²) in [5, 5.41) is 5.93. The lowest BCUT2D eigenvalue weighted by atomic mass is 10.3. The van der Waals surface area contributed by atoms with Crippen LogP contribution in [0.25, 0.3) is 0 Å². The number of hydrogen-bond acceptors (Lipinski definition) is 4. The first-order chi connectivity index (χ1) is 5.04. The summed E-state index contributed by atoms with van der Waals surface area (Å²) in [4.78, 5) is 5.10. The second-order valence-corrected chi connectivity index (χ2v) is 2.80. The van der Waals surface area contributed by atoms with Crippen LogP contribution in [-0.4, -0.2) is 33.5 Å². The molecule has 2 unspecified atom stereocenters. The van der Waals surface area contributed by atoms with Gasteiger partial charge in [-0.25, -0.2) is 0 Å². The SMILES string of the molecule is CC1CCON1C.NS(=O)[O-]. The molecule has 1 rings (SSSR count). The predicted octanol–water partition coefficient (Wildman–Crippen LogP) is -0.619. The largest absolute Gasteiger partial charge is 0.760 e. The van der Waals surface area contributed by atoms with E-state index in [-0.39, 0.29) is 0 Å². The van der Waals surface area contributed by atoms with Crippen molar-refractivity contribution >= 4 is 11.3 Å². The average Bonchev–Trinajstić information content (AvgIpc) is 2.15. The van der Waals surface area contributed by atoms with Gasteiger partial charge in [0, 0.05) is 24.4 Å². The lowest BCUT2D eigenvalue weighted by molar-refractivity contribution is -0.106. The standard InChI is InChI=1S/C5H11NO.H3NO2S/c1-5-3-4-7-6(5)2;1-4(2)3/h5H,3-4H2,1-2H3;1H2,(H,2,3)/p-1. The molecule has 5 nitrogen and oxygen atoms in total. The van der Waals surface area contributed by atoms with E-state index in [4.69, 9.17) is 13.6 Å². The van der Waals surface area contributed by atoms with Crippen LogP contribution in [0.5, 0.6) is 0 Å².